The van der Waals surface area contributed by atoms with Crippen LogP contribution in [-0.4, -0.2) is 69.4 Å². The van der Waals surface area contributed by atoms with Gasteiger partial charge in [-0.3, -0.25) is 14.2 Å². The molecule has 0 spiro atoms. The van der Waals surface area contributed by atoms with Crippen LogP contribution in [0.25, 0.3) is 0 Å². The molecule has 0 aromatic rings. The molecule has 0 aromatic heterocycles. The summed E-state index contributed by atoms with van der Waals surface area (Å²) in [5.74, 6) is -0.529. The summed E-state index contributed by atoms with van der Waals surface area (Å²) in [6, 6.07) is -0.891. The SMILES string of the molecule is CC/C=C\C/C=C\C/C=C\C/C=C\C/C=C\CCCCCCCCCCCCCC(=O)OC(/C=C/CCCCCCCCCCCC)C(COP(=O)([O-])OCC[N+](C)(C)C)NC(=O)CCCCCCCCCCCCCCCCCCCCCCCCC. The van der Waals surface area contributed by atoms with Gasteiger partial charge in [0.2, 0.25) is 5.91 Å². The van der Waals surface area contributed by atoms with Crippen molar-refractivity contribution < 1.29 is 37.3 Å². The number of carbonyl (C=O) groups excluding carboxylic acids is 2. The molecule has 3 atom stereocenters. The number of esters is 1. The van der Waals surface area contributed by atoms with Crippen LogP contribution in [0.2, 0.25) is 0 Å². The quantitative estimate of drug-likeness (QED) is 0.0212. The van der Waals surface area contributed by atoms with Crippen LogP contribution in [0.1, 0.15) is 361 Å². The van der Waals surface area contributed by atoms with E-state index in [9.17, 15) is 19.0 Å². The zero-order valence-electron chi connectivity index (χ0n) is 58.9. The van der Waals surface area contributed by atoms with Crippen LogP contribution in [0, 0.1) is 0 Å². The number of likely N-dealkylation sites (N-methyl/N-ethyl adjacent to an activating group) is 1. The van der Waals surface area contributed by atoms with Gasteiger partial charge in [0.25, 0.3) is 7.82 Å². The molecule has 0 aromatic carbocycles. The number of nitrogens with one attached hydrogen (secondary N) is 1. The Balaban J connectivity index is 4.98. The van der Waals surface area contributed by atoms with Crippen molar-refractivity contribution in [2.45, 2.75) is 373 Å². The zero-order chi connectivity index (χ0) is 64.2. The Kier molecular flexibility index (Phi) is 65.4. The first kappa shape index (κ1) is 85.5. The highest BCUT2D eigenvalue weighted by molar-refractivity contribution is 7.45. The molecule has 1 N–H and O–H groups in total. The maximum absolute atomic E-state index is 13.6. The Labute approximate surface area is 546 Å². The Morgan fingerprint density at radius 3 is 1.09 bits per heavy atom. The average Bonchev–Trinajstić information content (AvgIpc) is 3.61. The van der Waals surface area contributed by atoms with Gasteiger partial charge in [-0.15, -0.1) is 0 Å². The van der Waals surface area contributed by atoms with E-state index in [0.29, 0.717) is 17.4 Å². The lowest BCUT2D eigenvalue weighted by molar-refractivity contribution is -0.870. The standard InChI is InChI=1S/C78H145N2O7P/c1-7-10-13-16-19-22-25-28-30-32-34-36-38-39-40-41-43-45-47-49-51-53-56-59-62-65-68-71-78(82)87-76(69-66-63-60-57-54-27-24-21-18-15-12-9-3)75(74-86-88(83,84)85-73-72-80(4,5)6)79-77(81)70-67-64-61-58-55-52-50-48-46-44-42-37-35-33-31-29-26-23-20-17-14-11-8-2/h10,13,19,22,28,30,34,36,39-40,66,69,75-76H,7-9,11-12,14-18,20-21,23-27,29,31-33,35,37-38,41-65,67-68,70-74H2,1-6H3,(H-,79,81,83,84)/b13-10-,22-19-,30-28-,36-34-,40-39-,69-66+. The highest BCUT2D eigenvalue weighted by Gasteiger charge is 2.27. The number of unbranched alkanes of at least 4 members (excludes halogenated alkanes) is 43. The predicted molar refractivity (Wildman–Crippen MR) is 381 cm³/mol. The third-order valence-electron chi connectivity index (χ3n) is 16.9. The second-order valence-corrected chi connectivity index (χ2v) is 28.2. The molecule has 88 heavy (non-hydrogen) atoms. The molecule has 0 rings (SSSR count). The van der Waals surface area contributed by atoms with Crippen LogP contribution in [0.15, 0.2) is 72.9 Å². The summed E-state index contributed by atoms with van der Waals surface area (Å²) in [5, 5.41) is 3.05. The average molecular weight is 1250 g/mol. The Morgan fingerprint density at radius 2 is 0.727 bits per heavy atom. The number of amides is 1. The van der Waals surface area contributed by atoms with Crippen molar-refractivity contribution in [2.75, 3.05) is 40.9 Å². The van der Waals surface area contributed by atoms with E-state index in [1.54, 1.807) is 0 Å². The molecule has 9 nitrogen and oxygen atoms in total. The minimum Gasteiger partial charge on any atom is -0.756 e. The van der Waals surface area contributed by atoms with E-state index in [0.717, 1.165) is 89.9 Å². The molecular formula is C78H145N2O7P. The molecular weight excluding hydrogens is 1110 g/mol. The third-order valence-corrected chi connectivity index (χ3v) is 17.9. The van der Waals surface area contributed by atoms with Crippen molar-refractivity contribution in [3.63, 3.8) is 0 Å². The van der Waals surface area contributed by atoms with Gasteiger partial charge in [-0.25, -0.2) is 0 Å². The minimum absolute atomic E-state index is 0.0223. The number of hydrogen-bond acceptors (Lipinski definition) is 7. The van der Waals surface area contributed by atoms with Gasteiger partial charge in [-0.05, 0) is 76.7 Å². The van der Waals surface area contributed by atoms with E-state index in [-0.39, 0.29) is 31.5 Å². The van der Waals surface area contributed by atoms with Gasteiger partial charge in [0, 0.05) is 12.8 Å². The van der Waals surface area contributed by atoms with Crippen molar-refractivity contribution in [1.29, 1.82) is 0 Å². The number of ether oxygens (including phenoxy) is 1. The fraction of sp³-hybridized carbons (Fsp3) is 0.821. The molecule has 0 aliphatic heterocycles. The first-order valence-electron chi connectivity index (χ1n) is 37.7. The number of carbonyl (C=O) groups is 2. The molecule has 1 amide bonds. The molecule has 514 valence electrons. The summed E-state index contributed by atoms with van der Waals surface area (Å²) in [6.07, 6.45) is 88.9. The lowest BCUT2D eigenvalue weighted by Crippen LogP contribution is -2.47. The molecule has 0 heterocycles. The monoisotopic (exact) mass is 1250 g/mol. The van der Waals surface area contributed by atoms with Crippen LogP contribution in [0.4, 0.5) is 0 Å². The van der Waals surface area contributed by atoms with Crippen molar-refractivity contribution in [2.24, 2.45) is 0 Å². The molecule has 3 unspecified atom stereocenters. The fourth-order valence-electron chi connectivity index (χ4n) is 11.1. The van der Waals surface area contributed by atoms with Gasteiger partial charge in [0.1, 0.15) is 19.3 Å². The number of quaternary nitrogens is 1. The summed E-state index contributed by atoms with van der Waals surface area (Å²) in [5.41, 5.74) is 0. The lowest BCUT2D eigenvalue weighted by Gasteiger charge is -2.30. The van der Waals surface area contributed by atoms with Crippen LogP contribution >= 0.6 is 7.82 Å². The highest BCUT2D eigenvalue weighted by atomic mass is 31.2. The van der Waals surface area contributed by atoms with E-state index in [1.807, 2.05) is 33.3 Å². The summed E-state index contributed by atoms with van der Waals surface area (Å²) in [4.78, 5) is 40.3. The topological polar surface area (TPSA) is 114 Å². The number of allylic oxidation sites excluding steroid dienone is 11. The van der Waals surface area contributed by atoms with Gasteiger partial charge in [0.15, 0.2) is 0 Å². The first-order valence-corrected chi connectivity index (χ1v) is 39.2. The number of phosphoric acid groups is 1. The molecule has 0 fully saturated rings. The van der Waals surface area contributed by atoms with E-state index in [4.69, 9.17) is 13.8 Å². The predicted octanol–water partition coefficient (Wildman–Crippen LogP) is 23.7. The summed E-state index contributed by atoms with van der Waals surface area (Å²) < 4.78 is 30.5. The molecule has 0 aliphatic rings. The van der Waals surface area contributed by atoms with Crippen molar-refractivity contribution in [1.82, 2.24) is 5.32 Å². The van der Waals surface area contributed by atoms with Gasteiger partial charge in [-0.2, -0.15) is 0 Å². The second-order valence-electron chi connectivity index (χ2n) is 26.8. The van der Waals surface area contributed by atoms with Crippen molar-refractivity contribution in [3.8, 4) is 0 Å². The van der Waals surface area contributed by atoms with Crippen molar-refractivity contribution >= 4 is 19.7 Å². The smallest absolute Gasteiger partial charge is 0.306 e. The fourth-order valence-corrected chi connectivity index (χ4v) is 11.9. The summed E-state index contributed by atoms with van der Waals surface area (Å²) in [6.45, 7) is 6.78. The molecule has 0 saturated carbocycles. The second kappa shape index (κ2) is 67.3. The van der Waals surface area contributed by atoms with E-state index in [2.05, 4.69) is 86.8 Å². The number of hydrogen-bond donors (Lipinski definition) is 1. The van der Waals surface area contributed by atoms with Crippen LogP contribution in [0.5, 0.6) is 0 Å². The number of rotatable bonds is 69. The summed E-state index contributed by atoms with van der Waals surface area (Å²) in [7, 11) is 1.19. The van der Waals surface area contributed by atoms with E-state index >= 15 is 0 Å². The summed E-state index contributed by atoms with van der Waals surface area (Å²) >= 11 is 0. The maximum atomic E-state index is 13.6. The first-order chi connectivity index (χ1) is 42.9. The van der Waals surface area contributed by atoms with Crippen LogP contribution in [-0.2, 0) is 27.9 Å². The molecule has 0 saturated heterocycles. The van der Waals surface area contributed by atoms with Gasteiger partial charge in [0.05, 0.1) is 33.8 Å². The minimum atomic E-state index is -4.71. The van der Waals surface area contributed by atoms with Crippen molar-refractivity contribution in [3.05, 3.63) is 72.9 Å². The zero-order valence-corrected chi connectivity index (χ0v) is 59.8. The highest BCUT2D eigenvalue weighted by Crippen LogP contribution is 2.38. The largest absolute Gasteiger partial charge is 0.756 e. The number of phosphoric ester groups is 1. The van der Waals surface area contributed by atoms with Gasteiger partial charge < -0.3 is 28.5 Å². The Bertz CT molecular complexity index is 1730. The Hall–Kier alpha value is -2.55. The molecule has 10 heteroatoms. The molecule has 0 aliphatic carbocycles. The lowest BCUT2D eigenvalue weighted by atomic mass is 10.0. The number of nitrogens with zero attached hydrogens (tertiary/aromatic N) is 1. The van der Waals surface area contributed by atoms with Gasteiger partial charge in [-0.1, -0.05) is 344 Å². The van der Waals surface area contributed by atoms with Crippen LogP contribution < -0.4 is 10.2 Å². The maximum Gasteiger partial charge on any atom is 0.306 e. The molecule has 0 bridgehead atoms. The normalized spacial score (nSPS) is 13.9. The van der Waals surface area contributed by atoms with E-state index in [1.165, 1.54) is 238 Å². The van der Waals surface area contributed by atoms with Gasteiger partial charge >= 0.3 is 5.97 Å². The molecule has 0 radical (unpaired) electrons. The van der Waals surface area contributed by atoms with E-state index < -0.39 is 20.0 Å². The third kappa shape index (κ3) is 67.8. The Morgan fingerprint density at radius 1 is 0.409 bits per heavy atom. The van der Waals surface area contributed by atoms with Crippen LogP contribution in [0.3, 0.4) is 0 Å².